The van der Waals surface area contributed by atoms with E-state index in [1.54, 1.807) is 0 Å². The highest BCUT2D eigenvalue weighted by Gasteiger charge is 2.21. The van der Waals surface area contributed by atoms with Crippen molar-refractivity contribution in [1.29, 1.82) is 0 Å². The molecule has 0 unspecified atom stereocenters. The van der Waals surface area contributed by atoms with E-state index in [2.05, 4.69) is 186 Å². The van der Waals surface area contributed by atoms with Crippen molar-refractivity contribution in [2.45, 2.75) is 52.4 Å². The van der Waals surface area contributed by atoms with Gasteiger partial charge in [-0.3, -0.25) is 0 Å². The number of hydrogen-bond acceptors (Lipinski definition) is 2. The molecule has 51 heavy (non-hydrogen) atoms. The summed E-state index contributed by atoms with van der Waals surface area (Å²) in [6.45, 7) is 13.7. The summed E-state index contributed by atoms with van der Waals surface area (Å²) >= 11 is 0. The van der Waals surface area contributed by atoms with Crippen LogP contribution in [0.5, 0.6) is 0 Å². The van der Waals surface area contributed by atoms with Gasteiger partial charge in [-0.25, -0.2) is 9.97 Å². The molecule has 0 aliphatic heterocycles. The van der Waals surface area contributed by atoms with Crippen molar-refractivity contribution < 1.29 is 0 Å². The van der Waals surface area contributed by atoms with Crippen molar-refractivity contribution >= 4 is 21.8 Å². The lowest BCUT2D eigenvalue weighted by atomic mass is 9.85. The van der Waals surface area contributed by atoms with Gasteiger partial charge in [-0.05, 0) is 81.6 Å². The van der Waals surface area contributed by atoms with E-state index in [1.165, 1.54) is 32.9 Å². The molecule has 2 aromatic heterocycles. The molecule has 2 heterocycles. The van der Waals surface area contributed by atoms with Crippen molar-refractivity contribution in [3.8, 4) is 50.7 Å². The maximum Gasteiger partial charge on any atom is 0.160 e. The van der Waals surface area contributed by atoms with Gasteiger partial charge in [0.05, 0.1) is 22.4 Å². The zero-order chi connectivity index (χ0) is 35.3. The Labute approximate surface area is 301 Å². The molecule has 8 rings (SSSR count). The topological polar surface area (TPSA) is 30.7 Å². The summed E-state index contributed by atoms with van der Waals surface area (Å²) in [4.78, 5) is 10.1. The molecule has 0 saturated carbocycles. The van der Waals surface area contributed by atoms with Gasteiger partial charge in [0.1, 0.15) is 0 Å². The second-order valence-corrected chi connectivity index (χ2v) is 15.6. The van der Waals surface area contributed by atoms with E-state index in [9.17, 15) is 0 Å². The lowest BCUT2D eigenvalue weighted by Crippen LogP contribution is -2.10. The highest BCUT2D eigenvalue weighted by Crippen LogP contribution is 2.38. The highest BCUT2D eigenvalue weighted by molar-refractivity contribution is 6.10. The molecule has 0 spiro atoms. The van der Waals surface area contributed by atoms with Crippen molar-refractivity contribution in [2.75, 3.05) is 0 Å². The molecule has 0 aliphatic rings. The zero-order valence-corrected chi connectivity index (χ0v) is 30.3. The van der Waals surface area contributed by atoms with E-state index in [1.807, 2.05) is 12.1 Å². The van der Waals surface area contributed by atoms with Crippen LogP contribution in [0, 0.1) is 0 Å². The van der Waals surface area contributed by atoms with E-state index in [-0.39, 0.29) is 10.8 Å². The molecule has 0 aliphatic carbocycles. The fourth-order valence-electron chi connectivity index (χ4n) is 6.97. The number of rotatable bonds is 5. The first kappa shape index (κ1) is 32.4. The smallest absolute Gasteiger partial charge is 0.160 e. The van der Waals surface area contributed by atoms with Crippen molar-refractivity contribution in [2.24, 2.45) is 0 Å². The summed E-state index contributed by atoms with van der Waals surface area (Å²) in [6, 6.07) is 54.3. The number of aromatic nitrogens is 3. The maximum atomic E-state index is 5.07. The van der Waals surface area contributed by atoms with Crippen LogP contribution in [0.25, 0.3) is 72.5 Å². The van der Waals surface area contributed by atoms with Crippen LogP contribution in [-0.2, 0) is 10.8 Å². The van der Waals surface area contributed by atoms with Crippen LogP contribution < -0.4 is 0 Å². The third-order valence-electron chi connectivity index (χ3n) is 9.94. The van der Waals surface area contributed by atoms with E-state index in [0.717, 1.165) is 44.9 Å². The average molecular weight is 662 g/mol. The molecule has 250 valence electrons. The van der Waals surface area contributed by atoms with Gasteiger partial charge < -0.3 is 4.57 Å². The predicted octanol–water partition coefficient (Wildman–Crippen LogP) is 12.8. The Morgan fingerprint density at radius 3 is 1.35 bits per heavy atom. The molecule has 3 nitrogen and oxygen atoms in total. The van der Waals surface area contributed by atoms with E-state index in [4.69, 9.17) is 9.97 Å². The largest absolute Gasteiger partial charge is 0.309 e. The molecular formula is C48H43N3. The van der Waals surface area contributed by atoms with Crippen LogP contribution in [0.1, 0.15) is 52.7 Å². The molecule has 0 amide bonds. The minimum atomic E-state index is 0.0669. The van der Waals surface area contributed by atoms with Crippen LogP contribution in [0.3, 0.4) is 0 Å². The number of hydrogen-bond donors (Lipinski definition) is 0. The standard InChI is InChI=1S/C48H43N3/c1-47(2,3)37-22-26-44-40(29-37)41-30-38(48(4,5)6)23-27-45(41)51(44)39-24-20-32(21-25-39)35-18-13-19-36(28-35)46-49-42(33-14-9-7-10-15-33)31-43(50-46)34-16-11-8-12-17-34/h7-31H,1-6H3. The van der Waals surface area contributed by atoms with Crippen LogP contribution in [0.4, 0.5) is 0 Å². The second kappa shape index (κ2) is 12.5. The molecule has 0 atom stereocenters. The normalized spacial score (nSPS) is 12.1. The Kier molecular flexibility index (Phi) is 7.95. The first-order chi connectivity index (χ1) is 24.5. The third-order valence-corrected chi connectivity index (χ3v) is 9.94. The molecule has 0 fully saturated rings. The van der Waals surface area contributed by atoms with Gasteiger partial charge >= 0.3 is 0 Å². The fraction of sp³-hybridized carbons (Fsp3) is 0.167. The summed E-state index contributed by atoms with van der Waals surface area (Å²) in [5, 5.41) is 2.60. The minimum Gasteiger partial charge on any atom is -0.309 e. The Bertz CT molecular complexity index is 2380. The Balaban J connectivity index is 1.20. The first-order valence-electron chi connectivity index (χ1n) is 17.8. The summed E-state index contributed by atoms with van der Waals surface area (Å²) in [5.74, 6) is 0.711. The van der Waals surface area contributed by atoms with Gasteiger partial charge in [0.25, 0.3) is 0 Å². The van der Waals surface area contributed by atoms with Gasteiger partial charge in [-0.2, -0.15) is 0 Å². The first-order valence-corrected chi connectivity index (χ1v) is 17.8. The number of benzene rings is 6. The summed E-state index contributed by atoms with van der Waals surface area (Å²) in [6.07, 6.45) is 0. The van der Waals surface area contributed by atoms with Crippen molar-refractivity contribution in [3.05, 3.63) is 163 Å². The monoisotopic (exact) mass is 661 g/mol. The summed E-state index contributed by atoms with van der Waals surface area (Å²) < 4.78 is 2.41. The van der Waals surface area contributed by atoms with Crippen molar-refractivity contribution in [3.63, 3.8) is 0 Å². The van der Waals surface area contributed by atoms with Gasteiger partial charge in [-0.1, -0.05) is 145 Å². The summed E-state index contributed by atoms with van der Waals surface area (Å²) in [7, 11) is 0. The lowest BCUT2D eigenvalue weighted by molar-refractivity contribution is 0.590. The van der Waals surface area contributed by atoms with Crippen molar-refractivity contribution in [1.82, 2.24) is 14.5 Å². The molecule has 0 N–H and O–H groups in total. The Hall–Kier alpha value is -5.80. The molecule has 3 heteroatoms. The maximum absolute atomic E-state index is 5.07. The number of fused-ring (bicyclic) bond motifs is 3. The third kappa shape index (κ3) is 6.25. The zero-order valence-electron chi connectivity index (χ0n) is 30.3. The van der Waals surface area contributed by atoms with Crippen LogP contribution in [-0.4, -0.2) is 14.5 Å². The van der Waals surface area contributed by atoms with E-state index in [0.29, 0.717) is 5.82 Å². The molecule has 0 radical (unpaired) electrons. The van der Waals surface area contributed by atoms with Crippen LogP contribution in [0.2, 0.25) is 0 Å². The quantitative estimate of drug-likeness (QED) is 0.184. The van der Waals surface area contributed by atoms with Gasteiger partial charge in [0.15, 0.2) is 5.82 Å². The molecule has 0 bridgehead atoms. The van der Waals surface area contributed by atoms with Gasteiger partial charge in [-0.15, -0.1) is 0 Å². The molecule has 8 aromatic rings. The highest BCUT2D eigenvalue weighted by atomic mass is 15.0. The molecule has 0 saturated heterocycles. The second-order valence-electron chi connectivity index (χ2n) is 15.6. The van der Waals surface area contributed by atoms with Crippen LogP contribution >= 0.6 is 0 Å². The average Bonchev–Trinajstić information content (AvgIpc) is 3.48. The number of nitrogens with zero attached hydrogens (tertiary/aromatic N) is 3. The van der Waals surface area contributed by atoms with Crippen LogP contribution in [0.15, 0.2) is 152 Å². The van der Waals surface area contributed by atoms with Gasteiger partial charge in [0.2, 0.25) is 0 Å². The lowest BCUT2D eigenvalue weighted by Gasteiger charge is -2.19. The van der Waals surface area contributed by atoms with Gasteiger partial charge in [0, 0.05) is 33.2 Å². The SMILES string of the molecule is CC(C)(C)c1ccc2c(c1)c1cc(C(C)(C)C)ccc1n2-c1ccc(-c2cccc(-c3nc(-c4ccccc4)cc(-c4ccccc4)n3)c2)cc1. The predicted molar refractivity (Wildman–Crippen MR) is 216 cm³/mol. The Morgan fingerprint density at radius 1 is 0.392 bits per heavy atom. The summed E-state index contributed by atoms with van der Waals surface area (Å²) in [5.41, 5.74) is 13.6. The molecular weight excluding hydrogens is 619 g/mol. The Morgan fingerprint density at radius 2 is 0.863 bits per heavy atom. The van der Waals surface area contributed by atoms with E-state index < -0.39 is 0 Å². The van der Waals surface area contributed by atoms with E-state index >= 15 is 0 Å². The molecule has 6 aromatic carbocycles. The minimum absolute atomic E-state index is 0.0669. The fourth-order valence-corrected chi connectivity index (χ4v) is 6.97.